The molecule has 0 N–H and O–H groups in total. The minimum Gasteiger partial charge on any atom is -0.179 e. The largest absolute Gasteiger partial charge is 0.179 e. The van der Waals surface area contributed by atoms with Crippen LogP contribution < -0.4 is 0 Å². The second-order valence-electron chi connectivity index (χ2n) is 4.84. The van der Waals surface area contributed by atoms with E-state index in [1.54, 1.807) is 0 Å². The van der Waals surface area contributed by atoms with Crippen molar-refractivity contribution < 1.29 is 0 Å². The van der Waals surface area contributed by atoms with E-state index in [2.05, 4.69) is 50.5 Å². The maximum absolute atomic E-state index is 4.84. The van der Waals surface area contributed by atoms with E-state index >= 15 is 0 Å². The molecule has 0 radical (unpaired) electrons. The van der Waals surface area contributed by atoms with Crippen molar-refractivity contribution in [3.05, 3.63) is 0 Å². The van der Waals surface area contributed by atoms with Crippen molar-refractivity contribution in [2.24, 2.45) is 0 Å². The molecule has 0 aromatic heterocycles. The molecule has 0 nitrogen and oxygen atoms in total. The van der Waals surface area contributed by atoms with Crippen LogP contribution in [0.2, 0.25) is 0 Å². The van der Waals surface area contributed by atoms with Gasteiger partial charge in [-0.15, -0.1) is 0 Å². The highest BCUT2D eigenvalue weighted by atomic mass is 32.2. The van der Waals surface area contributed by atoms with Crippen molar-refractivity contribution in [2.45, 2.75) is 35.2 Å². The van der Waals surface area contributed by atoms with Crippen molar-refractivity contribution in [1.29, 1.82) is 0 Å². The summed E-state index contributed by atoms with van der Waals surface area (Å²) in [7, 11) is 0. The molecule has 0 atom stereocenters. The molecule has 0 bridgehead atoms. The predicted octanol–water partition coefficient (Wildman–Crippen LogP) is 4.34. The van der Waals surface area contributed by atoms with Crippen LogP contribution in [0, 0.1) is 0 Å². The van der Waals surface area contributed by atoms with E-state index in [4.69, 9.17) is 25.3 Å². The monoisotopic (exact) mass is 394 g/mol. The fourth-order valence-corrected chi connectivity index (χ4v) is 6.65. The number of rotatable bonds is 12. The Hall–Kier alpha value is 2.45. The molecule has 0 heterocycles. The van der Waals surface area contributed by atoms with Crippen LogP contribution in [-0.4, -0.2) is 44.0 Å². The van der Waals surface area contributed by atoms with Crippen molar-refractivity contribution in [2.75, 3.05) is 34.5 Å². The lowest BCUT2D eigenvalue weighted by molar-refractivity contribution is 0.613. The Balaban J connectivity index is 4.27. The Morgan fingerprint density at radius 3 is 1.05 bits per heavy atom. The van der Waals surface area contributed by atoms with E-state index in [1.807, 2.05) is 11.8 Å². The second-order valence-corrected chi connectivity index (χ2v) is 9.51. The first-order valence-electron chi connectivity index (χ1n) is 6.41. The summed E-state index contributed by atoms with van der Waals surface area (Å²) >= 11 is 29.0. The normalized spacial score (nSPS) is 12.9. The number of thioether (sulfide) groups is 1. The van der Waals surface area contributed by atoms with Crippen LogP contribution in [0.1, 0.15) is 25.7 Å². The molecule has 0 saturated carbocycles. The predicted molar refractivity (Wildman–Crippen MR) is 115 cm³/mol. The molecular formula is C12H26S7. The summed E-state index contributed by atoms with van der Waals surface area (Å²) in [5.41, 5.74) is 0. The second kappa shape index (κ2) is 11.9. The summed E-state index contributed by atoms with van der Waals surface area (Å²) in [6, 6.07) is 0. The lowest BCUT2D eigenvalue weighted by Gasteiger charge is -2.31. The molecular weight excluding hydrogens is 369 g/mol. The average Bonchev–Trinajstić information content (AvgIpc) is 2.29. The lowest BCUT2D eigenvalue weighted by Crippen LogP contribution is -2.31. The Morgan fingerprint density at radius 2 is 0.842 bits per heavy atom. The summed E-state index contributed by atoms with van der Waals surface area (Å²) in [4.78, 5) is 0. The highest BCUT2D eigenvalue weighted by molar-refractivity contribution is 8.01. The van der Waals surface area contributed by atoms with Crippen molar-refractivity contribution in [3.63, 3.8) is 0 Å². The molecule has 7 heteroatoms. The van der Waals surface area contributed by atoms with Gasteiger partial charge in [-0.3, -0.25) is 0 Å². The summed E-state index contributed by atoms with van der Waals surface area (Å²) < 4.78 is 0.0928. The molecule has 0 rings (SSSR count). The summed E-state index contributed by atoms with van der Waals surface area (Å²) in [5, 5.41) is 0. The Morgan fingerprint density at radius 1 is 0.579 bits per heavy atom. The molecule has 0 aromatic rings. The summed E-state index contributed by atoms with van der Waals surface area (Å²) in [6.07, 6.45) is 4.08. The molecule has 0 amide bonds. The smallest absolute Gasteiger partial charge is 0.0235 e. The summed E-state index contributed by atoms with van der Waals surface area (Å²) in [6.45, 7) is 0. The van der Waals surface area contributed by atoms with Crippen molar-refractivity contribution in [3.8, 4) is 0 Å². The fourth-order valence-electron chi connectivity index (χ4n) is 1.80. The minimum atomic E-state index is 0.0464. The maximum Gasteiger partial charge on any atom is 0.0235 e. The SMILES string of the molecule is SCCC(S)(CCS)CSCC(S)(CCS)CCS. The zero-order valence-electron chi connectivity index (χ0n) is 11.2. The van der Waals surface area contributed by atoms with Crippen LogP contribution in [0.25, 0.3) is 0 Å². The third-order valence-electron chi connectivity index (χ3n) is 3.05. The van der Waals surface area contributed by atoms with E-state index in [-0.39, 0.29) is 9.49 Å². The molecule has 0 saturated heterocycles. The van der Waals surface area contributed by atoms with Gasteiger partial charge in [-0.2, -0.15) is 87.5 Å². The van der Waals surface area contributed by atoms with Gasteiger partial charge in [0.05, 0.1) is 0 Å². The van der Waals surface area contributed by atoms with Gasteiger partial charge in [0, 0.05) is 21.0 Å². The highest BCUT2D eigenvalue weighted by Gasteiger charge is 2.28. The Kier molecular flexibility index (Phi) is 13.5. The van der Waals surface area contributed by atoms with Gasteiger partial charge in [0.1, 0.15) is 0 Å². The first-order valence-corrected chi connectivity index (χ1v) is 11.0. The van der Waals surface area contributed by atoms with E-state index in [1.165, 1.54) is 0 Å². The minimum absolute atomic E-state index is 0.0464. The number of hydrogen-bond donors (Lipinski definition) is 6. The number of hydrogen-bond acceptors (Lipinski definition) is 7. The van der Waals surface area contributed by atoms with E-state index in [0.717, 1.165) is 60.2 Å². The van der Waals surface area contributed by atoms with Gasteiger partial charge >= 0.3 is 0 Å². The standard InChI is InChI=1S/C12H26S7/c13-5-1-11(17,2-6-14)9-19-10-12(18,3-7-15)4-8-16/h13-18H,1-10H2. The molecule has 0 aliphatic heterocycles. The number of thiol groups is 6. The molecule has 0 unspecified atom stereocenters. The lowest BCUT2D eigenvalue weighted by atomic mass is 10.0. The molecule has 0 aliphatic rings. The van der Waals surface area contributed by atoms with Gasteiger partial charge in [0.15, 0.2) is 0 Å². The maximum atomic E-state index is 4.84. The molecule has 0 spiro atoms. The average molecular weight is 395 g/mol. The van der Waals surface area contributed by atoms with Crippen LogP contribution in [0.5, 0.6) is 0 Å². The van der Waals surface area contributed by atoms with Crippen molar-refractivity contribution >= 4 is 87.5 Å². The topological polar surface area (TPSA) is 0 Å². The highest BCUT2D eigenvalue weighted by Crippen LogP contribution is 2.34. The zero-order valence-corrected chi connectivity index (χ0v) is 17.3. The quantitative estimate of drug-likeness (QED) is 0.268. The Labute approximate surface area is 156 Å². The van der Waals surface area contributed by atoms with Gasteiger partial charge in [-0.25, -0.2) is 0 Å². The summed E-state index contributed by atoms with van der Waals surface area (Å²) in [5.74, 6) is 5.54. The molecule has 116 valence electrons. The molecule has 0 aliphatic carbocycles. The first kappa shape index (κ1) is 21.4. The van der Waals surface area contributed by atoms with E-state index in [9.17, 15) is 0 Å². The van der Waals surface area contributed by atoms with Crippen LogP contribution >= 0.6 is 87.5 Å². The van der Waals surface area contributed by atoms with Crippen molar-refractivity contribution in [1.82, 2.24) is 0 Å². The van der Waals surface area contributed by atoms with Gasteiger partial charge in [0.25, 0.3) is 0 Å². The third kappa shape index (κ3) is 9.95. The molecule has 0 aromatic carbocycles. The van der Waals surface area contributed by atoms with Gasteiger partial charge in [-0.1, -0.05) is 0 Å². The van der Waals surface area contributed by atoms with Crippen LogP contribution in [0.3, 0.4) is 0 Å². The molecule has 19 heavy (non-hydrogen) atoms. The van der Waals surface area contributed by atoms with Crippen LogP contribution in [0.15, 0.2) is 0 Å². The first-order chi connectivity index (χ1) is 8.95. The van der Waals surface area contributed by atoms with Gasteiger partial charge < -0.3 is 0 Å². The molecule has 0 fully saturated rings. The van der Waals surface area contributed by atoms with Crippen LogP contribution in [-0.2, 0) is 0 Å². The van der Waals surface area contributed by atoms with Gasteiger partial charge in [0.2, 0.25) is 0 Å². The Bertz CT molecular complexity index is 188. The fraction of sp³-hybridized carbons (Fsp3) is 1.00. The van der Waals surface area contributed by atoms with E-state index in [0.29, 0.717) is 0 Å². The van der Waals surface area contributed by atoms with Crippen LogP contribution in [0.4, 0.5) is 0 Å². The van der Waals surface area contributed by atoms with E-state index < -0.39 is 0 Å². The third-order valence-corrected chi connectivity index (χ3v) is 7.10. The van der Waals surface area contributed by atoms with Gasteiger partial charge in [-0.05, 0) is 48.7 Å². The zero-order chi connectivity index (χ0) is 14.8.